The van der Waals surface area contributed by atoms with Crippen LogP contribution in [0.3, 0.4) is 0 Å². The second-order valence-corrected chi connectivity index (χ2v) is 3.25. The number of carbonyl (C=O) groups excluding carboxylic acids is 1. The van der Waals surface area contributed by atoms with Crippen LogP contribution in [0, 0.1) is 0 Å². The Kier molecular flexibility index (Phi) is 3.05. The maximum Gasteiger partial charge on any atom is 0.302 e. The Morgan fingerprint density at radius 1 is 1.25 bits per heavy atom. The second-order valence-electron chi connectivity index (χ2n) is 3.25. The third-order valence-corrected chi connectivity index (χ3v) is 1.95. The molecule has 0 amide bonds. The number of aliphatic hydroxyl groups is 2. The fourth-order valence-electron chi connectivity index (χ4n) is 1.54. The van der Waals surface area contributed by atoms with Crippen molar-refractivity contribution in [1.82, 2.24) is 0 Å². The fourth-order valence-corrected chi connectivity index (χ4v) is 1.54. The van der Waals surface area contributed by atoms with Crippen molar-refractivity contribution in [3.63, 3.8) is 0 Å². The molecule has 0 bridgehead atoms. The van der Waals surface area contributed by atoms with E-state index in [4.69, 9.17) is 4.74 Å². The maximum atomic E-state index is 10.5. The minimum absolute atomic E-state index is 0.318. The van der Waals surface area contributed by atoms with Crippen molar-refractivity contribution in [2.45, 2.75) is 44.5 Å². The molecule has 1 saturated carbocycles. The average Bonchev–Trinajstić information content (AvgIpc) is 1.81. The summed E-state index contributed by atoms with van der Waals surface area (Å²) in [6.07, 6.45) is -0.136. The first-order chi connectivity index (χ1) is 5.58. The molecule has 0 aliphatic heterocycles. The summed E-state index contributed by atoms with van der Waals surface area (Å²) < 4.78 is 4.87. The lowest BCUT2D eigenvalue weighted by atomic mass is 9.92. The molecular formula is C8H14O4. The highest BCUT2D eigenvalue weighted by Gasteiger charge is 2.28. The van der Waals surface area contributed by atoms with Gasteiger partial charge in [-0.25, -0.2) is 0 Å². The van der Waals surface area contributed by atoms with E-state index in [0.29, 0.717) is 19.3 Å². The average molecular weight is 174 g/mol. The second kappa shape index (κ2) is 3.87. The smallest absolute Gasteiger partial charge is 0.302 e. The van der Waals surface area contributed by atoms with Gasteiger partial charge >= 0.3 is 5.97 Å². The molecule has 1 fully saturated rings. The molecule has 0 aromatic carbocycles. The summed E-state index contributed by atoms with van der Waals surface area (Å²) in [4.78, 5) is 10.5. The van der Waals surface area contributed by atoms with Gasteiger partial charge in [0.15, 0.2) is 0 Å². The van der Waals surface area contributed by atoms with Gasteiger partial charge in [0.2, 0.25) is 0 Å². The van der Waals surface area contributed by atoms with Crippen LogP contribution in [0.2, 0.25) is 0 Å². The first kappa shape index (κ1) is 9.48. The molecule has 1 aliphatic rings. The first-order valence-electron chi connectivity index (χ1n) is 4.11. The largest absolute Gasteiger partial charge is 0.462 e. The molecule has 0 aromatic rings. The molecule has 2 N–H and O–H groups in total. The zero-order valence-electron chi connectivity index (χ0n) is 7.06. The highest BCUT2D eigenvalue weighted by Crippen LogP contribution is 2.21. The van der Waals surface area contributed by atoms with E-state index < -0.39 is 12.2 Å². The topological polar surface area (TPSA) is 66.8 Å². The van der Waals surface area contributed by atoms with Crippen molar-refractivity contribution in [3.05, 3.63) is 0 Å². The predicted octanol–water partition coefficient (Wildman–Crippen LogP) is -0.176. The molecule has 0 aromatic heterocycles. The Bertz CT molecular complexity index is 158. The van der Waals surface area contributed by atoms with Gasteiger partial charge in [-0.05, 0) is 6.42 Å². The van der Waals surface area contributed by atoms with E-state index in [0.717, 1.165) is 0 Å². The van der Waals surface area contributed by atoms with Crippen molar-refractivity contribution >= 4 is 5.97 Å². The van der Waals surface area contributed by atoms with E-state index in [1.54, 1.807) is 0 Å². The van der Waals surface area contributed by atoms with Gasteiger partial charge in [0.05, 0.1) is 12.2 Å². The number of hydrogen-bond donors (Lipinski definition) is 2. The van der Waals surface area contributed by atoms with Gasteiger partial charge in [0, 0.05) is 19.8 Å². The van der Waals surface area contributed by atoms with Crippen LogP contribution in [0.4, 0.5) is 0 Å². The van der Waals surface area contributed by atoms with Crippen LogP contribution in [-0.4, -0.2) is 34.5 Å². The molecule has 1 aliphatic carbocycles. The minimum atomic E-state index is -0.543. The highest BCUT2D eigenvalue weighted by molar-refractivity contribution is 5.66. The van der Waals surface area contributed by atoms with Crippen LogP contribution in [0.25, 0.3) is 0 Å². The molecule has 0 spiro atoms. The van der Waals surface area contributed by atoms with Crippen molar-refractivity contribution in [3.8, 4) is 0 Å². The molecule has 2 atom stereocenters. The number of rotatable bonds is 1. The Balaban J connectivity index is 2.38. The summed E-state index contributed by atoms with van der Waals surface area (Å²) in [6.45, 7) is 1.33. The Morgan fingerprint density at radius 2 is 1.75 bits per heavy atom. The minimum Gasteiger partial charge on any atom is -0.462 e. The standard InChI is InChI=1S/C8H14O4/c1-5(9)12-8-3-6(10)2-7(11)4-8/h6-8,10-11H,2-4H2,1H3. The molecule has 0 heterocycles. The first-order valence-corrected chi connectivity index (χ1v) is 4.11. The third-order valence-electron chi connectivity index (χ3n) is 1.95. The molecule has 0 radical (unpaired) electrons. The van der Waals surface area contributed by atoms with Crippen LogP contribution in [-0.2, 0) is 9.53 Å². The van der Waals surface area contributed by atoms with Crippen LogP contribution in [0.1, 0.15) is 26.2 Å². The number of carbonyl (C=O) groups is 1. The monoisotopic (exact) mass is 174 g/mol. The third kappa shape index (κ3) is 2.79. The van der Waals surface area contributed by atoms with Crippen molar-refractivity contribution in [2.24, 2.45) is 0 Å². The Labute approximate surface area is 71.2 Å². The van der Waals surface area contributed by atoms with Gasteiger partial charge in [-0.1, -0.05) is 0 Å². The molecule has 1 rings (SSSR count). The normalized spacial score (nSPS) is 36.1. The Morgan fingerprint density at radius 3 is 2.17 bits per heavy atom. The van der Waals surface area contributed by atoms with E-state index in [1.165, 1.54) is 6.92 Å². The summed E-state index contributed by atoms with van der Waals surface area (Å²) in [5.41, 5.74) is 0. The SMILES string of the molecule is CC(=O)OC1CC(O)CC(O)C1. The zero-order chi connectivity index (χ0) is 9.14. The van der Waals surface area contributed by atoms with E-state index in [1.807, 2.05) is 0 Å². The van der Waals surface area contributed by atoms with Gasteiger partial charge < -0.3 is 14.9 Å². The van der Waals surface area contributed by atoms with Gasteiger partial charge in [-0.3, -0.25) is 4.79 Å². The van der Waals surface area contributed by atoms with Crippen LogP contribution < -0.4 is 0 Å². The maximum absolute atomic E-state index is 10.5. The molecule has 2 unspecified atom stereocenters. The lowest BCUT2D eigenvalue weighted by molar-refractivity contribution is -0.152. The van der Waals surface area contributed by atoms with Crippen molar-refractivity contribution < 1.29 is 19.7 Å². The molecule has 70 valence electrons. The number of aliphatic hydroxyl groups excluding tert-OH is 2. The van der Waals surface area contributed by atoms with Crippen molar-refractivity contribution in [1.29, 1.82) is 0 Å². The molecule has 4 nitrogen and oxygen atoms in total. The van der Waals surface area contributed by atoms with Gasteiger partial charge in [0.1, 0.15) is 6.10 Å². The number of ether oxygens (including phenoxy) is 1. The molecule has 12 heavy (non-hydrogen) atoms. The van der Waals surface area contributed by atoms with Gasteiger partial charge in [-0.15, -0.1) is 0 Å². The van der Waals surface area contributed by atoms with Gasteiger partial charge in [0.25, 0.3) is 0 Å². The predicted molar refractivity (Wildman–Crippen MR) is 41.4 cm³/mol. The van der Waals surface area contributed by atoms with E-state index in [9.17, 15) is 15.0 Å². The van der Waals surface area contributed by atoms with E-state index >= 15 is 0 Å². The zero-order valence-corrected chi connectivity index (χ0v) is 7.06. The van der Waals surface area contributed by atoms with Crippen molar-refractivity contribution in [2.75, 3.05) is 0 Å². The summed E-state index contributed by atoms with van der Waals surface area (Å²) in [7, 11) is 0. The van der Waals surface area contributed by atoms with Gasteiger partial charge in [-0.2, -0.15) is 0 Å². The Hall–Kier alpha value is -0.610. The molecule has 0 saturated heterocycles. The van der Waals surface area contributed by atoms with Crippen LogP contribution >= 0.6 is 0 Å². The molecular weight excluding hydrogens is 160 g/mol. The van der Waals surface area contributed by atoms with Crippen LogP contribution in [0.5, 0.6) is 0 Å². The summed E-state index contributed by atoms with van der Waals surface area (Å²) in [5.74, 6) is -0.360. The lowest BCUT2D eigenvalue weighted by Gasteiger charge is -2.28. The van der Waals surface area contributed by atoms with E-state index in [-0.39, 0.29) is 12.1 Å². The molecule has 4 heteroatoms. The quantitative estimate of drug-likeness (QED) is 0.541. The number of hydrogen-bond acceptors (Lipinski definition) is 4. The summed E-state index contributed by atoms with van der Waals surface area (Å²) in [6, 6.07) is 0. The summed E-state index contributed by atoms with van der Waals surface area (Å²) >= 11 is 0. The van der Waals surface area contributed by atoms with Crippen LogP contribution in [0.15, 0.2) is 0 Å². The van der Waals surface area contributed by atoms with E-state index in [2.05, 4.69) is 0 Å². The number of esters is 1. The summed E-state index contributed by atoms with van der Waals surface area (Å²) in [5, 5.41) is 18.4. The lowest BCUT2D eigenvalue weighted by Crippen LogP contribution is -2.35. The fraction of sp³-hybridized carbons (Fsp3) is 0.875. The highest BCUT2D eigenvalue weighted by atomic mass is 16.5.